The molecule has 2 amide bonds. The van der Waals surface area contributed by atoms with Crippen molar-refractivity contribution in [3.8, 4) is 5.75 Å². The summed E-state index contributed by atoms with van der Waals surface area (Å²) < 4.78 is 52.8. The molecule has 4 aromatic carbocycles. The van der Waals surface area contributed by atoms with Crippen LogP contribution < -0.4 is 10.1 Å². The third-order valence-electron chi connectivity index (χ3n) is 8.54. The van der Waals surface area contributed by atoms with Crippen LogP contribution in [0.5, 0.6) is 5.75 Å². The van der Waals surface area contributed by atoms with Crippen molar-refractivity contribution in [3.05, 3.63) is 131 Å². The predicted molar refractivity (Wildman–Crippen MR) is 235 cm³/mol. The molecule has 0 radical (unpaired) electrons. The molecule has 0 spiro atoms. The van der Waals surface area contributed by atoms with Gasteiger partial charge in [-0.1, -0.05) is 54.6 Å². The first-order chi connectivity index (χ1) is 29.9. The van der Waals surface area contributed by atoms with Gasteiger partial charge in [0.05, 0.1) is 23.4 Å². The maximum Gasteiger partial charge on any atom is 0.425 e. The minimum atomic E-state index is -5.16. The molecule has 0 saturated heterocycles. The normalized spacial score (nSPS) is 12.4. The summed E-state index contributed by atoms with van der Waals surface area (Å²) in [6.45, 7) is 10.9. The number of aromatic carboxylic acids is 1. The molecule has 4 aromatic rings. The number of carbonyl (C=O) groups excluding carboxylic acids is 5. The van der Waals surface area contributed by atoms with E-state index < -0.39 is 82.8 Å². The van der Waals surface area contributed by atoms with Gasteiger partial charge in [-0.15, -0.1) is 0 Å². The fourth-order valence-electron chi connectivity index (χ4n) is 5.78. The first kappa shape index (κ1) is 49.7. The summed E-state index contributed by atoms with van der Waals surface area (Å²) in [6.07, 6.45) is -2.66. The molecule has 18 heteroatoms. The number of ether oxygens (including phenoxy) is 4. The average Bonchev–Trinajstić information content (AvgIpc) is 3.20. The van der Waals surface area contributed by atoms with Crippen LogP contribution in [0.2, 0.25) is 0 Å². The number of amides is 2. The zero-order valence-electron chi connectivity index (χ0n) is 36.8. The fraction of sp³-hybridized carbons (Fsp3) is 0.326. The first-order valence-electron chi connectivity index (χ1n) is 19.9. The van der Waals surface area contributed by atoms with E-state index in [-0.39, 0.29) is 40.4 Å². The number of hydrogen-bond acceptors (Lipinski definition) is 13. The van der Waals surface area contributed by atoms with Gasteiger partial charge in [0, 0.05) is 13.0 Å². The number of hydrogen-bond donors (Lipinski definition) is 2. The molecule has 17 nitrogen and oxygen atoms in total. The zero-order valence-corrected chi connectivity index (χ0v) is 37.6. The van der Waals surface area contributed by atoms with Crippen molar-refractivity contribution in [2.24, 2.45) is 4.99 Å². The average molecular weight is 901 g/mol. The van der Waals surface area contributed by atoms with Gasteiger partial charge in [-0.2, -0.15) is 17.0 Å². The maximum atomic E-state index is 15.0. The summed E-state index contributed by atoms with van der Waals surface area (Å²) in [5.74, 6) is -3.36. The Kier molecular flexibility index (Phi) is 16.7. The number of aliphatic imine (C=N–C) groups is 1. The van der Waals surface area contributed by atoms with E-state index in [0.29, 0.717) is 19.9 Å². The van der Waals surface area contributed by atoms with E-state index in [9.17, 15) is 42.3 Å². The first-order valence-corrected chi connectivity index (χ1v) is 21.3. The van der Waals surface area contributed by atoms with Crippen LogP contribution in [0.4, 0.5) is 15.3 Å². The van der Waals surface area contributed by atoms with Crippen molar-refractivity contribution in [1.29, 1.82) is 0 Å². The molecule has 0 aliphatic rings. The molecule has 0 heterocycles. The predicted octanol–water partition coefficient (Wildman–Crippen LogP) is 7.75. The molecule has 0 aliphatic heterocycles. The number of Topliss-reactive ketones (excluding diaryl/α,β-unsaturated/α-hetero) is 1. The molecule has 0 bridgehead atoms. The number of esters is 2. The van der Waals surface area contributed by atoms with E-state index in [1.54, 1.807) is 90.9 Å². The van der Waals surface area contributed by atoms with Gasteiger partial charge < -0.3 is 24.1 Å². The van der Waals surface area contributed by atoms with Crippen LogP contribution in [0, 0.1) is 0 Å². The smallest absolute Gasteiger partial charge is 0.425 e. The largest absolute Gasteiger partial charge is 0.478 e. The third kappa shape index (κ3) is 15.5. The number of carbonyl (C=O) groups is 6. The Bertz CT molecular complexity index is 2460. The van der Waals surface area contributed by atoms with Crippen LogP contribution in [0.3, 0.4) is 0 Å². The highest BCUT2D eigenvalue weighted by atomic mass is 32.2. The number of carboxylic acid groups (broad SMARTS) is 1. The summed E-state index contributed by atoms with van der Waals surface area (Å²) in [7, 11) is -5.16. The monoisotopic (exact) mass is 900 g/mol. The van der Waals surface area contributed by atoms with Crippen LogP contribution in [0.1, 0.15) is 99.2 Å². The number of amidine groups is 1. The molecular weight excluding hydrogens is 849 g/mol. The van der Waals surface area contributed by atoms with Crippen molar-refractivity contribution >= 4 is 57.6 Å². The number of nitrogens with zero attached hydrogens (tertiary/aromatic N) is 3. The minimum Gasteiger partial charge on any atom is -0.478 e. The standard InChI is InChI=1S/C46H52N4O13S/c1-30(51)25-39(42(55)62-45(3,4)5)49(28-34-15-12-16-36(26-34)40(52)53)64(58,59)50(44(57)60-29-33-13-10-9-11-14-33)27-32-17-23-38(24-18-32)61-41(54)35-19-21-37(22-20-35)47-31(2)48-43(56)63-46(6,7)8/h9-24,26,39H,25,27-29H2,1-8H3,(H,52,53)(H,47,48,56)/t39-/m0/s1. The van der Waals surface area contributed by atoms with E-state index in [2.05, 4.69) is 10.3 Å². The van der Waals surface area contributed by atoms with Crippen molar-refractivity contribution in [3.63, 3.8) is 0 Å². The zero-order chi connectivity index (χ0) is 47.4. The lowest BCUT2D eigenvalue weighted by molar-refractivity contribution is -0.161. The Balaban J connectivity index is 1.65. The van der Waals surface area contributed by atoms with Crippen LogP contribution in [0.15, 0.2) is 108 Å². The Morgan fingerprint density at radius 3 is 1.91 bits per heavy atom. The second-order valence-corrected chi connectivity index (χ2v) is 18.3. The molecule has 0 unspecified atom stereocenters. The number of rotatable bonds is 16. The molecule has 1 atom stereocenters. The van der Waals surface area contributed by atoms with Gasteiger partial charge in [-0.05, 0) is 121 Å². The van der Waals surface area contributed by atoms with E-state index in [1.165, 1.54) is 60.7 Å². The number of nitrogens with one attached hydrogen (secondary N) is 1. The number of ketones is 1. The number of alkyl carbamates (subject to hydrolysis) is 1. The van der Waals surface area contributed by atoms with Gasteiger partial charge in [0.2, 0.25) is 0 Å². The molecule has 0 saturated carbocycles. The van der Waals surface area contributed by atoms with Gasteiger partial charge >= 0.3 is 40.3 Å². The van der Waals surface area contributed by atoms with Gasteiger partial charge in [-0.3, -0.25) is 14.9 Å². The maximum absolute atomic E-state index is 15.0. The molecule has 64 heavy (non-hydrogen) atoms. The van der Waals surface area contributed by atoms with Gasteiger partial charge in [0.25, 0.3) is 0 Å². The Hall–Kier alpha value is -6.92. The highest BCUT2D eigenvalue weighted by Crippen LogP contribution is 2.27. The minimum absolute atomic E-state index is 0.0701. The van der Waals surface area contributed by atoms with E-state index in [0.717, 1.165) is 6.92 Å². The molecule has 0 aromatic heterocycles. The highest BCUT2D eigenvalue weighted by molar-refractivity contribution is 7.87. The number of benzene rings is 4. The van der Waals surface area contributed by atoms with Crippen LogP contribution in [-0.4, -0.2) is 81.1 Å². The molecule has 2 N–H and O–H groups in total. The second-order valence-electron chi connectivity index (χ2n) is 16.5. The van der Waals surface area contributed by atoms with E-state index >= 15 is 0 Å². The fourth-order valence-corrected chi connectivity index (χ4v) is 7.38. The lowest BCUT2D eigenvalue weighted by atomic mass is 10.1. The van der Waals surface area contributed by atoms with Crippen LogP contribution in [-0.2, 0) is 53.7 Å². The summed E-state index contributed by atoms with van der Waals surface area (Å²) in [5.41, 5.74) is -0.523. The topological polar surface area (TPSA) is 225 Å². The molecule has 340 valence electrons. The van der Waals surface area contributed by atoms with Crippen molar-refractivity contribution in [1.82, 2.24) is 13.9 Å². The van der Waals surface area contributed by atoms with Crippen LogP contribution in [0.25, 0.3) is 0 Å². The summed E-state index contributed by atoms with van der Waals surface area (Å²) >= 11 is 0. The molecular formula is C46H52N4O13S. The van der Waals surface area contributed by atoms with Crippen molar-refractivity contribution in [2.45, 2.75) is 98.8 Å². The lowest BCUT2D eigenvalue weighted by Gasteiger charge is -2.34. The molecule has 0 aliphatic carbocycles. The lowest BCUT2D eigenvalue weighted by Crippen LogP contribution is -2.54. The SMILES string of the molecule is CC(=O)C[C@@H](C(=O)OC(C)(C)C)N(Cc1cccc(C(=O)O)c1)S(=O)(=O)N(Cc1ccc(OC(=O)c2ccc(N=C(C)NC(=O)OC(C)(C)C)cc2)cc1)C(=O)OCc1ccccc1. The quantitative estimate of drug-likeness (QED) is 0.0361. The van der Waals surface area contributed by atoms with Gasteiger partial charge in [-0.25, -0.2) is 24.2 Å². The van der Waals surface area contributed by atoms with Crippen LogP contribution >= 0.6 is 0 Å². The van der Waals surface area contributed by atoms with E-state index in [4.69, 9.17) is 18.9 Å². The molecule has 0 fully saturated rings. The van der Waals surface area contributed by atoms with Crippen molar-refractivity contribution < 1.29 is 61.2 Å². The third-order valence-corrected chi connectivity index (χ3v) is 10.4. The Morgan fingerprint density at radius 2 is 1.33 bits per heavy atom. The molecule has 4 rings (SSSR count). The van der Waals surface area contributed by atoms with E-state index in [1.807, 2.05) is 0 Å². The van der Waals surface area contributed by atoms with Gasteiger partial charge in [0.15, 0.2) is 0 Å². The van der Waals surface area contributed by atoms with Crippen molar-refractivity contribution in [2.75, 3.05) is 0 Å². The number of carboxylic acids is 1. The Morgan fingerprint density at radius 1 is 0.719 bits per heavy atom. The summed E-state index contributed by atoms with van der Waals surface area (Å²) in [5, 5.41) is 12.2. The highest BCUT2D eigenvalue weighted by Gasteiger charge is 2.44. The summed E-state index contributed by atoms with van der Waals surface area (Å²) in [4.78, 5) is 81.8. The van der Waals surface area contributed by atoms with Gasteiger partial charge in [0.1, 0.15) is 41.2 Å². The second kappa shape index (κ2) is 21.4. The Labute approximate surface area is 372 Å². The summed E-state index contributed by atoms with van der Waals surface area (Å²) in [6, 6.07) is 23.6.